The summed E-state index contributed by atoms with van der Waals surface area (Å²) in [5, 5.41) is -0.0503. The first-order valence-electron chi connectivity index (χ1n) is 9.48. The zero-order valence-corrected chi connectivity index (χ0v) is 16.8. The average Bonchev–Trinajstić information content (AvgIpc) is 2.75. The number of amides is 1. The van der Waals surface area contributed by atoms with Crippen molar-refractivity contribution in [3.8, 4) is 0 Å². The predicted octanol–water partition coefficient (Wildman–Crippen LogP) is 2.86. The highest BCUT2D eigenvalue weighted by Gasteiger charge is 2.32. The van der Waals surface area contributed by atoms with Gasteiger partial charge >= 0.3 is 0 Å². The summed E-state index contributed by atoms with van der Waals surface area (Å²) in [5.74, 6) is -0.549. The summed E-state index contributed by atoms with van der Waals surface area (Å²) in [7, 11) is 0. The van der Waals surface area contributed by atoms with Crippen LogP contribution in [0.25, 0.3) is 0 Å². The first kappa shape index (κ1) is 19.3. The van der Waals surface area contributed by atoms with Gasteiger partial charge in [-0.25, -0.2) is 0 Å². The van der Waals surface area contributed by atoms with E-state index in [4.69, 9.17) is 11.6 Å². The van der Waals surface area contributed by atoms with E-state index in [1.165, 1.54) is 6.20 Å². The second-order valence-electron chi connectivity index (χ2n) is 7.19. The zero-order chi connectivity index (χ0) is 20.5. The predicted molar refractivity (Wildman–Crippen MR) is 110 cm³/mol. The van der Waals surface area contributed by atoms with Crippen LogP contribution in [0.5, 0.6) is 0 Å². The van der Waals surface area contributed by atoms with Crippen molar-refractivity contribution in [2.24, 2.45) is 0 Å². The number of ketones is 2. The van der Waals surface area contributed by atoms with Gasteiger partial charge in [-0.05, 0) is 29.8 Å². The Bertz CT molecular complexity index is 1020. The maximum atomic E-state index is 12.8. The summed E-state index contributed by atoms with van der Waals surface area (Å²) in [6.45, 7) is 4.59. The van der Waals surface area contributed by atoms with Gasteiger partial charge < -0.3 is 9.80 Å². The largest absolute Gasteiger partial charge is 0.368 e. The molecule has 7 heteroatoms. The normalized spacial score (nSPS) is 16.9. The van der Waals surface area contributed by atoms with Crippen LogP contribution in [0, 0.1) is 0 Å². The van der Waals surface area contributed by atoms with E-state index in [2.05, 4.69) is 9.88 Å². The van der Waals surface area contributed by atoms with Gasteiger partial charge in [0.05, 0.1) is 10.6 Å². The molecule has 2 heterocycles. The summed E-state index contributed by atoms with van der Waals surface area (Å²) in [6, 6.07) is 11.1. The first-order chi connectivity index (χ1) is 14.0. The fourth-order valence-electron chi connectivity index (χ4n) is 3.74. The second kappa shape index (κ2) is 7.79. The first-order valence-corrected chi connectivity index (χ1v) is 9.86. The minimum atomic E-state index is -0.406. The SMILES string of the molecule is CC(=O)N1CCN(c2ccc(CC3=C(Cl)C(=O)c4ncccc4C3=O)cc2)CC1. The van der Waals surface area contributed by atoms with Gasteiger partial charge in [-0.15, -0.1) is 0 Å². The van der Waals surface area contributed by atoms with Gasteiger partial charge in [0.15, 0.2) is 5.78 Å². The van der Waals surface area contributed by atoms with E-state index >= 15 is 0 Å². The summed E-state index contributed by atoms with van der Waals surface area (Å²) < 4.78 is 0. The molecule has 1 aromatic carbocycles. The van der Waals surface area contributed by atoms with E-state index < -0.39 is 5.78 Å². The quantitative estimate of drug-likeness (QED) is 0.779. The number of fused-ring (bicyclic) bond motifs is 1. The maximum absolute atomic E-state index is 12.8. The lowest BCUT2D eigenvalue weighted by atomic mass is 9.89. The van der Waals surface area contributed by atoms with Crippen molar-refractivity contribution in [2.75, 3.05) is 31.1 Å². The van der Waals surface area contributed by atoms with Crippen molar-refractivity contribution in [3.05, 3.63) is 70.0 Å². The van der Waals surface area contributed by atoms with Gasteiger partial charge in [0.25, 0.3) is 0 Å². The number of Topliss-reactive ketones (excluding diaryl/α,β-unsaturated/α-hetero) is 2. The molecule has 0 spiro atoms. The Morgan fingerprint density at radius 2 is 1.72 bits per heavy atom. The Labute approximate surface area is 173 Å². The number of pyridine rings is 1. The number of hydrogen-bond acceptors (Lipinski definition) is 5. The van der Waals surface area contributed by atoms with Gasteiger partial charge in [-0.2, -0.15) is 0 Å². The molecule has 0 atom stereocenters. The van der Waals surface area contributed by atoms with E-state index in [0.29, 0.717) is 24.2 Å². The fourth-order valence-corrected chi connectivity index (χ4v) is 3.98. The number of benzene rings is 1. The fraction of sp³-hybridized carbons (Fsp3) is 0.273. The third-order valence-corrected chi connectivity index (χ3v) is 5.81. The molecule has 1 saturated heterocycles. The van der Waals surface area contributed by atoms with Gasteiger partial charge in [0, 0.05) is 57.0 Å². The molecule has 148 valence electrons. The van der Waals surface area contributed by atoms with Crippen molar-refractivity contribution < 1.29 is 14.4 Å². The Morgan fingerprint density at radius 3 is 2.38 bits per heavy atom. The Balaban J connectivity index is 1.50. The molecule has 0 unspecified atom stereocenters. The minimum Gasteiger partial charge on any atom is -0.368 e. The number of carbonyl (C=O) groups is 3. The second-order valence-corrected chi connectivity index (χ2v) is 7.56. The van der Waals surface area contributed by atoms with Crippen LogP contribution in [0.15, 0.2) is 53.2 Å². The van der Waals surface area contributed by atoms with Crippen LogP contribution in [0.1, 0.15) is 33.3 Å². The van der Waals surface area contributed by atoms with Gasteiger partial charge in [0.1, 0.15) is 5.69 Å². The van der Waals surface area contributed by atoms with Crippen molar-refractivity contribution in [3.63, 3.8) is 0 Å². The summed E-state index contributed by atoms with van der Waals surface area (Å²) in [6.07, 6.45) is 1.77. The summed E-state index contributed by atoms with van der Waals surface area (Å²) in [5.41, 5.74) is 2.69. The number of rotatable bonds is 3. The summed E-state index contributed by atoms with van der Waals surface area (Å²) >= 11 is 6.23. The van der Waals surface area contributed by atoms with Crippen LogP contribution >= 0.6 is 11.6 Å². The molecule has 1 fully saturated rings. The molecule has 2 aliphatic rings. The molecule has 6 nitrogen and oxygen atoms in total. The third kappa shape index (κ3) is 3.68. The molecule has 1 aromatic heterocycles. The number of aromatic nitrogens is 1. The Morgan fingerprint density at radius 1 is 1.03 bits per heavy atom. The molecule has 2 aromatic rings. The molecule has 29 heavy (non-hydrogen) atoms. The number of anilines is 1. The van der Waals surface area contributed by atoms with E-state index in [9.17, 15) is 14.4 Å². The minimum absolute atomic E-state index is 0.0503. The van der Waals surface area contributed by atoms with E-state index in [1.807, 2.05) is 29.2 Å². The van der Waals surface area contributed by atoms with Crippen molar-refractivity contribution >= 4 is 34.8 Å². The number of allylic oxidation sites excluding steroid dienone is 2. The molecule has 1 aliphatic heterocycles. The highest BCUT2D eigenvalue weighted by atomic mass is 35.5. The third-order valence-electron chi connectivity index (χ3n) is 5.41. The van der Waals surface area contributed by atoms with Crippen LogP contribution in [0.3, 0.4) is 0 Å². The van der Waals surface area contributed by atoms with Gasteiger partial charge in [0.2, 0.25) is 11.7 Å². The lowest BCUT2D eigenvalue weighted by Crippen LogP contribution is -2.48. The highest BCUT2D eigenvalue weighted by Crippen LogP contribution is 2.30. The Kier molecular flexibility index (Phi) is 5.20. The molecule has 0 bridgehead atoms. The summed E-state index contributed by atoms with van der Waals surface area (Å²) in [4.78, 5) is 44.8. The van der Waals surface area contributed by atoms with Crippen molar-refractivity contribution in [1.29, 1.82) is 0 Å². The number of halogens is 1. The van der Waals surface area contributed by atoms with Crippen LogP contribution in [0.4, 0.5) is 5.69 Å². The zero-order valence-electron chi connectivity index (χ0n) is 16.0. The lowest BCUT2D eigenvalue weighted by molar-refractivity contribution is -0.129. The average molecular weight is 410 g/mol. The molecular formula is C22H20ClN3O3. The molecule has 1 aliphatic carbocycles. The van der Waals surface area contributed by atoms with Crippen LogP contribution in [-0.4, -0.2) is 53.5 Å². The number of piperazine rings is 1. The standard InChI is InChI=1S/C22H20ClN3O3/c1-14(27)25-9-11-26(12-10-25)16-6-4-15(5-7-16)13-18-19(23)22(29)20-17(21(18)28)3-2-8-24-20/h2-8H,9-13H2,1H3. The number of nitrogens with zero attached hydrogens (tertiary/aromatic N) is 3. The number of hydrogen-bond donors (Lipinski definition) is 0. The van der Waals surface area contributed by atoms with Gasteiger partial charge in [-0.1, -0.05) is 23.7 Å². The smallest absolute Gasteiger partial charge is 0.223 e. The Hall–Kier alpha value is -2.99. The molecule has 0 radical (unpaired) electrons. The van der Waals surface area contributed by atoms with Crippen LogP contribution < -0.4 is 4.90 Å². The van der Waals surface area contributed by atoms with Gasteiger partial charge in [-0.3, -0.25) is 19.4 Å². The van der Waals surface area contributed by atoms with Crippen LogP contribution in [0.2, 0.25) is 0 Å². The maximum Gasteiger partial charge on any atom is 0.223 e. The van der Waals surface area contributed by atoms with Crippen molar-refractivity contribution in [2.45, 2.75) is 13.3 Å². The lowest BCUT2D eigenvalue weighted by Gasteiger charge is -2.35. The molecule has 1 amide bonds. The van der Waals surface area contributed by atoms with E-state index in [0.717, 1.165) is 24.3 Å². The molecular weight excluding hydrogens is 390 g/mol. The molecule has 4 rings (SSSR count). The number of carbonyl (C=O) groups excluding carboxylic acids is 3. The molecule has 0 N–H and O–H groups in total. The van der Waals surface area contributed by atoms with Crippen LogP contribution in [-0.2, 0) is 11.2 Å². The van der Waals surface area contributed by atoms with Crippen molar-refractivity contribution in [1.82, 2.24) is 9.88 Å². The van der Waals surface area contributed by atoms with E-state index in [1.54, 1.807) is 19.1 Å². The van der Waals surface area contributed by atoms with E-state index in [-0.39, 0.29) is 28.8 Å². The monoisotopic (exact) mass is 409 g/mol. The molecule has 0 saturated carbocycles. The highest BCUT2D eigenvalue weighted by molar-refractivity contribution is 6.49. The topological polar surface area (TPSA) is 70.6 Å².